The number of urea groups is 1. The summed E-state index contributed by atoms with van der Waals surface area (Å²) in [6, 6.07) is 7.14. The Morgan fingerprint density at radius 2 is 2.16 bits per heavy atom. The summed E-state index contributed by atoms with van der Waals surface area (Å²) in [7, 11) is 0. The fourth-order valence-corrected chi connectivity index (χ4v) is 2.63. The third kappa shape index (κ3) is 4.77. The van der Waals surface area contributed by atoms with E-state index in [9.17, 15) is 4.79 Å². The molecule has 130 valence electrons. The number of rotatable bonds is 7. The van der Waals surface area contributed by atoms with Gasteiger partial charge in [-0.3, -0.25) is 0 Å². The lowest BCUT2D eigenvalue weighted by Gasteiger charge is -2.03. The molecule has 3 heterocycles. The second kappa shape index (κ2) is 8.25. The van der Waals surface area contributed by atoms with Gasteiger partial charge in [-0.15, -0.1) is 11.3 Å². The van der Waals surface area contributed by atoms with E-state index in [2.05, 4.69) is 25.8 Å². The highest BCUT2D eigenvalue weighted by Crippen LogP contribution is 2.17. The lowest BCUT2D eigenvalue weighted by Crippen LogP contribution is -2.34. The summed E-state index contributed by atoms with van der Waals surface area (Å²) in [4.78, 5) is 21.2. The van der Waals surface area contributed by atoms with Crippen LogP contribution in [0.5, 0.6) is 5.88 Å². The van der Waals surface area contributed by atoms with Gasteiger partial charge in [-0.2, -0.15) is 4.98 Å². The standard InChI is InChI=1S/C16H17N5O3S/c1-2-23-13-6-5-11(8-17-13)15-20-14(24-21-15)10-19-16(22)18-9-12-4-3-7-25-12/h3-8H,2,9-10H2,1H3,(H2,18,19,22). The van der Waals surface area contributed by atoms with Crippen molar-refractivity contribution in [1.82, 2.24) is 25.8 Å². The maximum Gasteiger partial charge on any atom is 0.315 e. The molecule has 2 N–H and O–H groups in total. The fraction of sp³-hybridized carbons (Fsp3) is 0.250. The molecule has 3 aromatic heterocycles. The molecule has 3 aromatic rings. The second-order valence-electron chi connectivity index (χ2n) is 4.95. The Labute approximate surface area is 148 Å². The number of amides is 2. The summed E-state index contributed by atoms with van der Waals surface area (Å²) < 4.78 is 10.4. The molecule has 0 radical (unpaired) electrons. The third-order valence-electron chi connectivity index (χ3n) is 3.16. The van der Waals surface area contributed by atoms with Crippen LogP contribution in [0.1, 0.15) is 17.7 Å². The van der Waals surface area contributed by atoms with Crippen LogP contribution in [0.2, 0.25) is 0 Å². The van der Waals surface area contributed by atoms with Gasteiger partial charge < -0.3 is 19.9 Å². The number of nitrogens with zero attached hydrogens (tertiary/aromatic N) is 3. The number of hydrogen-bond donors (Lipinski definition) is 2. The van der Waals surface area contributed by atoms with Crippen molar-refractivity contribution in [3.05, 3.63) is 46.6 Å². The number of nitrogens with one attached hydrogen (secondary N) is 2. The molecule has 0 saturated carbocycles. The fourth-order valence-electron chi connectivity index (χ4n) is 1.99. The van der Waals surface area contributed by atoms with E-state index in [0.717, 1.165) is 4.88 Å². The molecule has 0 aliphatic rings. The third-order valence-corrected chi connectivity index (χ3v) is 4.03. The monoisotopic (exact) mass is 359 g/mol. The Balaban J connectivity index is 1.50. The summed E-state index contributed by atoms with van der Waals surface area (Å²) in [6.45, 7) is 3.08. The summed E-state index contributed by atoms with van der Waals surface area (Å²) in [5.74, 6) is 1.26. The van der Waals surface area contributed by atoms with E-state index < -0.39 is 0 Å². The van der Waals surface area contributed by atoms with Crippen molar-refractivity contribution in [2.45, 2.75) is 20.0 Å². The molecule has 25 heavy (non-hydrogen) atoms. The maximum atomic E-state index is 11.8. The van der Waals surface area contributed by atoms with Crippen molar-refractivity contribution in [2.75, 3.05) is 6.61 Å². The number of carbonyl (C=O) groups is 1. The van der Waals surface area contributed by atoms with Crippen LogP contribution in [0.3, 0.4) is 0 Å². The largest absolute Gasteiger partial charge is 0.478 e. The van der Waals surface area contributed by atoms with Crippen LogP contribution in [0.15, 0.2) is 40.4 Å². The predicted molar refractivity (Wildman–Crippen MR) is 92.1 cm³/mol. The van der Waals surface area contributed by atoms with Crippen LogP contribution in [-0.2, 0) is 13.1 Å². The van der Waals surface area contributed by atoms with Crippen molar-refractivity contribution in [3.63, 3.8) is 0 Å². The first-order chi connectivity index (χ1) is 12.2. The molecule has 0 spiro atoms. The van der Waals surface area contributed by atoms with Gasteiger partial charge in [0.2, 0.25) is 17.6 Å². The normalized spacial score (nSPS) is 10.4. The van der Waals surface area contributed by atoms with Gasteiger partial charge in [0.25, 0.3) is 0 Å². The number of aromatic nitrogens is 3. The highest BCUT2D eigenvalue weighted by atomic mass is 32.1. The van der Waals surface area contributed by atoms with Gasteiger partial charge >= 0.3 is 6.03 Å². The molecule has 0 saturated heterocycles. The molecular weight excluding hydrogens is 342 g/mol. The summed E-state index contributed by atoms with van der Waals surface area (Å²) >= 11 is 1.59. The highest BCUT2D eigenvalue weighted by molar-refractivity contribution is 7.09. The molecule has 0 atom stereocenters. The number of hydrogen-bond acceptors (Lipinski definition) is 7. The van der Waals surface area contributed by atoms with Crippen LogP contribution >= 0.6 is 11.3 Å². The Bertz CT molecular complexity index is 802. The Hall–Kier alpha value is -2.94. The molecule has 0 aliphatic carbocycles. The van der Waals surface area contributed by atoms with Gasteiger partial charge in [0, 0.05) is 22.7 Å². The van der Waals surface area contributed by atoms with Crippen LogP contribution in [0.4, 0.5) is 4.79 Å². The number of thiophene rings is 1. The van der Waals surface area contributed by atoms with E-state index in [0.29, 0.717) is 36.3 Å². The zero-order valence-corrected chi connectivity index (χ0v) is 14.4. The Morgan fingerprint density at radius 1 is 1.28 bits per heavy atom. The lowest BCUT2D eigenvalue weighted by molar-refractivity contribution is 0.238. The number of pyridine rings is 1. The predicted octanol–water partition coefficient (Wildman–Crippen LogP) is 2.59. The minimum Gasteiger partial charge on any atom is -0.478 e. The minimum atomic E-state index is -0.295. The molecule has 0 bridgehead atoms. The smallest absolute Gasteiger partial charge is 0.315 e. The minimum absolute atomic E-state index is 0.147. The molecule has 3 rings (SSSR count). The highest BCUT2D eigenvalue weighted by Gasteiger charge is 2.10. The van der Waals surface area contributed by atoms with E-state index in [4.69, 9.17) is 9.26 Å². The number of carbonyl (C=O) groups excluding carboxylic acids is 1. The molecule has 0 fully saturated rings. The van der Waals surface area contributed by atoms with Crippen molar-refractivity contribution >= 4 is 17.4 Å². The number of ether oxygens (including phenoxy) is 1. The quantitative estimate of drug-likeness (QED) is 0.672. The lowest BCUT2D eigenvalue weighted by atomic mass is 10.3. The van der Waals surface area contributed by atoms with Crippen molar-refractivity contribution in [2.24, 2.45) is 0 Å². The van der Waals surface area contributed by atoms with Gasteiger partial charge in [-0.1, -0.05) is 11.2 Å². The topological polar surface area (TPSA) is 102 Å². The molecule has 9 heteroatoms. The summed E-state index contributed by atoms with van der Waals surface area (Å²) in [5, 5.41) is 11.3. The SMILES string of the molecule is CCOc1ccc(-c2noc(CNC(=O)NCc3cccs3)n2)cn1. The van der Waals surface area contributed by atoms with Crippen molar-refractivity contribution < 1.29 is 14.1 Å². The molecule has 2 amide bonds. The average Bonchev–Trinajstić information content (AvgIpc) is 3.31. The van der Waals surface area contributed by atoms with Crippen LogP contribution in [0.25, 0.3) is 11.4 Å². The average molecular weight is 359 g/mol. The van der Waals surface area contributed by atoms with Crippen molar-refractivity contribution in [1.29, 1.82) is 0 Å². The molecule has 0 aromatic carbocycles. The molecule has 8 nitrogen and oxygen atoms in total. The van der Waals surface area contributed by atoms with Crippen molar-refractivity contribution in [3.8, 4) is 17.3 Å². The Kier molecular flexibility index (Phi) is 5.57. The summed E-state index contributed by atoms with van der Waals surface area (Å²) in [6.07, 6.45) is 1.61. The maximum absolute atomic E-state index is 11.8. The second-order valence-corrected chi connectivity index (χ2v) is 5.98. The van der Waals surface area contributed by atoms with E-state index in [1.807, 2.05) is 24.4 Å². The first kappa shape index (κ1) is 16.9. The van der Waals surface area contributed by atoms with E-state index >= 15 is 0 Å². The van der Waals surface area contributed by atoms with Gasteiger partial charge in [0.15, 0.2) is 0 Å². The van der Waals surface area contributed by atoms with Gasteiger partial charge in [0.05, 0.1) is 19.7 Å². The summed E-state index contributed by atoms with van der Waals surface area (Å²) in [5.41, 5.74) is 0.709. The zero-order chi connectivity index (χ0) is 17.5. The first-order valence-electron chi connectivity index (χ1n) is 7.70. The molecular formula is C16H17N5O3S. The van der Waals surface area contributed by atoms with E-state index in [1.165, 1.54) is 0 Å². The van der Waals surface area contributed by atoms with Crippen LogP contribution < -0.4 is 15.4 Å². The van der Waals surface area contributed by atoms with Gasteiger partial charge in [-0.05, 0) is 24.4 Å². The zero-order valence-electron chi connectivity index (χ0n) is 13.6. The molecule has 0 aliphatic heterocycles. The van der Waals surface area contributed by atoms with Gasteiger partial charge in [-0.25, -0.2) is 9.78 Å². The van der Waals surface area contributed by atoms with E-state index in [1.54, 1.807) is 29.7 Å². The first-order valence-corrected chi connectivity index (χ1v) is 8.58. The van der Waals surface area contributed by atoms with Crippen LogP contribution in [-0.4, -0.2) is 27.8 Å². The van der Waals surface area contributed by atoms with Gasteiger partial charge in [0.1, 0.15) is 0 Å². The molecule has 0 unspecified atom stereocenters. The van der Waals surface area contributed by atoms with Crippen LogP contribution in [0, 0.1) is 0 Å². The van der Waals surface area contributed by atoms with E-state index in [-0.39, 0.29) is 12.6 Å². The Morgan fingerprint density at radius 3 is 2.88 bits per heavy atom.